The van der Waals surface area contributed by atoms with Crippen LogP contribution in [0.25, 0.3) is 0 Å². The molecular weight excluding hydrogens is 438 g/mol. The first-order chi connectivity index (χ1) is 15.9. The van der Waals surface area contributed by atoms with Gasteiger partial charge in [0.05, 0.1) is 0 Å². The minimum atomic E-state index is -0.241. The van der Waals surface area contributed by atoms with E-state index in [-0.39, 0.29) is 52.1 Å². The van der Waals surface area contributed by atoms with Gasteiger partial charge in [-0.2, -0.15) is 9.68 Å². The highest BCUT2D eigenvalue weighted by Gasteiger charge is 2.23. The average molecular weight is 477 g/mol. The Bertz CT molecular complexity index is 840. The van der Waals surface area contributed by atoms with E-state index in [2.05, 4.69) is 0 Å². The van der Waals surface area contributed by atoms with E-state index in [1.165, 1.54) is 12.1 Å². The molecule has 0 heterocycles. The lowest BCUT2D eigenvalue weighted by Crippen LogP contribution is -2.18. The first-order valence-electron chi connectivity index (χ1n) is 11.7. The van der Waals surface area contributed by atoms with Crippen LogP contribution in [-0.2, 0) is 20.5 Å². The van der Waals surface area contributed by atoms with Gasteiger partial charge in [-0.3, -0.25) is 0 Å². The average Bonchev–Trinajstić information content (AvgIpc) is 2.71. The molecule has 0 atom stereocenters. The van der Waals surface area contributed by atoms with Crippen LogP contribution in [0.3, 0.4) is 0 Å². The number of hydrogen-bond acceptors (Lipinski definition) is 7. The molecule has 0 saturated carbocycles. The smallest absolute Gasteiger partial charge is 0.477 e. The van der Waals surface area contributed by atoms with Gasteiger partial charge in [0, 0.05) is 12.1 Å². The first kappa shape index (κ1) is 27.1. The molecule has 2 aromatic carbocycles. The highest BCUT2D eigenvalue weighted by Crippen LogP contribution is 2.35. The molecule has 0 aliphatic carbocycles. The molecule has 0 radical (unpaired) electrons. The van der Waals surface area contributed by atoms with Crippen molar-refractivity contribution in [3.8, 4) is 23.0 Å². The van der Waals surface area contributed by atoms with Crippen molar-refractivity contribution in [3.05, 3.63) is 52.4 Å². The van der Waals surface area contributed by atoms with Gasteiger partial charge in [-0.05, 0) is 84.7 Å². The zero-order valence-electron chi connectivity index (χ0n) is 20.6. The fraction of sp³-hybridized carbons (Fsp3) is 0.538. The minimum absolute atomic E-state index is 0.0350. The lowest BCUT2D eigenvalue weighted by Gasteiger charge is -2.25. The fourth-order valence-corrected chi connectivity index (χ4v) is 3.91. The molecule has 0 aromatic heterocycles. The molecule has 2 rings (SSSR count). The Kier molecular flexibility index (Phi) is 9.41. The second-order valence-electron chi connectivity index (χ2n) is 10.0. The number of phenols is 4. The molecule has 0 fully saturated rings. The van der Waals surface area contributed by atoms with Gasteiger partial charge in [0.15, 0.2) is 13.2 Å². The number of hydrogen-bond donors (Lipinski definition) is 4. The van der Waals surface area contributed by atoms with Crippen LogP contribution in [0.1, 0.15) is 77.3 Å². The van der Waals surface area contributed by atoms with E-state index < -0.39 is 0 Å². The Labute approximate surface area is 201 Å². The molecule has 0 aliphatic heterocycles. The Hall–Kier alpha value is -3.16. The van der Waals surface area contributed by atoms with Gasteiger partial charge >= 0.3 is 5.09 Å². The van der Waals surface area contributed by atoms with E-state index in [0.717, 1.165) is 36.8 Å². The summed E-state index contributed by atoms with van der Waals surface area (Å²) in [5.74, 6) is 0.140. The summed E-state index contributed by atoms with van der Waals surface area (Å²) >= 11 is 0. The zero-order valence-corrected chi connectivity index (χ0v) is 20.6. The van der Waals surface area contributed by atoms with E-state index in [1.807, 2.05) is 27.7 Å². The summed E-state index contributed by atoms with van der Waals surface area (Å²) in [6, 6.07) is 9.21. The molecule has 8 heteroatoms. The van der Waals surface area contributed by atoms with Crippen LogP contribution >= 0.6 is 0 Å². The Balaban J connectivity index is 1.60. The minimum Gasteiger partial charge on any atom is -0.508 e. The summed E-state index contributed by atoms with van der Waals surface area (Å²) in [6.07, 6.45) is 4.54. The topological polar surface area (TPSA) is 119 Å². The van der Waals surface area contributed by atoms with Crippen molar-refractivity contribution in [2.75, 3.05) is 13.2 Å². The van der Waals surface area contributed by atoms with Gasteiger partial charge in [-0.1, -0.05) is 27.7 Å². The second-order valence-corrected chi connectivity index (χ2v) is 10.0. The molecule has 0 unspecified atom stereocenters. The molecule has 188 valence electrons. The predicted molar refractivity (Wildman–Crippen MR) is 129 cm³/mol. The van der Waals surface area contributed by atoms with E-state index in [0.29, 0.717) is 12.8 Å². The molecule has 0 spiro atoms. The first-order valence-corrected chi connectivity index (χ1v) is 11.7. The Morgan fingerprint density at radius 1 is 0.618 bits per heavy atom. The standard InChI is InChI=1S/C26H37NO7/c1-25(2,19-13-21(28)17-22(29)14-19)9-5-7-11-33-27(32)34-12-8-6-10-26(3,4)20-15-23(30)18-24(31)16-20/h13-18H,5-12H2,1-4H3,(H3-,28,29,30,31)/p+1. The number of aromatic hydroxyl groups is 4. The summed E-state index contributed by atoms with van der Waals surface area (Å²) < 4.78 is 0. The van der Waals surface area contributed by atoms with Crippen LogP contribution in [0.4, 0.5) is 0 Å². The largest absolute Gasteiger partial charge is 0.508 e. The third kappa shape index (κ3) is 8.65. The molecule has 8 nitrogen and oxygen atoms in total. The maximum Gasteiger partial charge on any atom is 0.477 e. The van der Waals surface area contributed by atoms with Gasteiger partial charge in [-0.25, -0.2) is 0 Å². The lowest BCUT2D eigenvalue weighted by atomic mass is 9.80. The van der Waals surface area contributed by atoms with E-state index >= 15 is 0 Å². The van der Waals surface area contributed by atoms with Crippen LogP contribution in [0.15, 0.2) is 36.4 Å². The third-order valence-electron chi connectivity index (χ3n) is 6.15. The number of phenolic OH excluding ortho intramolecular Hbond substituents is 4. The van der Waals surface area contributed by atoms with Crippen LogP contribution in [0, 0.1) is 4.91 Å². The zero-order chi connectivity index (χ0) is 25.4. The van der Waals surface area contributed by atoms with Gasteiger partial charge in [0.1, 0.15) is 27.9 Å². The molecule has 0 bridgehead atoms. The van der Waals surface area contributed by atoms with Gasteiger partial charge in [0.2, 0.25) is 0 Å². The highest BCUT2D eigenvalue weighted by molar-refractivity contribution is 5.40. The van der Waals surface area contributed by atoms with Crippen molar-refractivity contribution in [2.45, 2.75) is 77.0 Å². The van der Waals surface area contributed by atoms with Crippen LogP contribution in [-0.4, -0.2) is 38.7 Å². The third-order valence-corrected chi connectivity index (χ3v) is 6.15. The van der Waals surface area contributed by atoms with Gasteiger partial charge in [0.25, 0.3) is 0 Å². The molecule has 4 N–H and O–H groups in total. The number of nitrogens with zero attached hydrogens (tertiary/aromatic N) is 1. The number of benzene rings is 2. The molecule has 2 aromatic rings. The van der Waals surface area contributed by atoms with E-state index in [9.17, 15) is 25.3 Å². The van der Waals surface area contributed by atoms with Gasteiger partial charge in [-0.15, -0.1) is 0 Å². The van der Waals surface area contributed by atoms with Crippen molar-refractivity contribution in [1.29, 1.82) is 0 Å². The monoisotopic (exact) mass is 476 g/mol. The maximum atomic E-state index is 11.7. The van der Waals surface area contributed by atoms with Crippen LogP contribution < -0.4 is 0 Å². The maximum absolute atomic E-state index is 11.7. The predicted octanol–water partition coefficient (Wildman–Crippen LogP) is 5.75. The summed E-state index contributed by atoms with van der Waals surface area (Å²) in [5, 5.41) is 38.9. The summed E-state index contributed by atoms with van der Waals surface area (Å²) in [5.41, 5.74) is 1.22. The quantitative estimate of drug-likeness (QED) is 0.202. The number of rotatable bonds is 14. The SMILES string of the molecule is CC(C)(CCCCO[N+](=O)OCCCCC(C)(C)c1cc(O)cc(O)c1)c1cc(O)cc(O)c1. The van der Waals surface area contributed by atoms with Crippen LogP contribution in [0.2, 0.25) is 0 Å². The molecule has 0 amide bonds. The molecule has 0 saturated heterocycles. The molecule has 0 aliphatic rings. The summed E-state index contributed by atoms with van der Waals surface area (Å²) in [6.45, 7) is 8.62. The molecular formula is C26H38NO7+. The summed E-state index contributed by atoms with van der Waals surface area (Å²) in [4.78, 5) is 21.8. The van der Waals surface area contributed by atoms with Crippen molar-refractivity contribution >= 4 is 0 Å². The highest BCUT2D eigenvalue weighted by atomic mass is 17.0. The molecule has 34 heavy (non-hydrogen) atoms. The van der Waals surface area contributed by atoms with Crippen LogP contribution in [0.5, 0.6) is 23.0 Å². The van der Waals surface area contributed by atoms with Crippen molar-refractivity contribution < 1.29 is 35.2 Å². The Morgan fingerprint density at radius 2 is 0.941 bits per heavy atom. The Morgan fingerprint density at radius 3 is 1.26 bits per heavy atom. The van der Waals surface area contributed by atoms with Crippen molar-refractivity contribution in [2.24, 2.45) is 0 Å². The lowest BCUT2D eigenvalue weighted by molar-refractivity contribution is -0.981. The summed E-state index contributed by atoms with van der Waals surface area (Å²) in [7, 11) is 0. The second kappa shape index (κ2) is 11.8. The van der Waals surface area contributed by atoms with Crippen molar-refractivity contribution in [1.82, 2.24) is 0 Å². The van der Waals surface area contributed by atoms with E-state index in [1.54, 1.807) is 24.3 Å². The normalized spacial score (nSPS) is 11.9. The number of unbranched alkanes of at least 4 members (excludes halogenated alkanes) is 2. The van der Waals surface area contributed by atoms with Gasteiger partial charge < -0.3 is 20.4 Å². The van der Waals surface area contributed by atoms with E-state index in [4.69, 9.17) is 9.68 Å². The van der Waals surface area contributed by atoms with Crippen molar-refractivity contribution in [3.63, 3.8) is 0 Å². The fourth-order valence-electron chi connectivity index (χ4n) is 3.91.